The first kappa shape index (κ1) is 11.4. The van der Waals surface area contributed by atoms with E-state index in [4.69, 9.17) is 4.42 Å². The minimum absolute atomic E-state index is 0.0557. The van der Waals surface area contributed by atoms with E-state index < -0.39 is 0 Å². The predicted octanol–water partition coefficient (Wildman–Crippen LogP) is 2.47. The number of pyridine rings is 1. The molecule has 0 fully saturated rings. The minimum Gasteiger partial charge on any atom is -0.469 e. The summed E-state index contributed by atoms with van der Waals surface area (Å²) in [5, 5.41) is 2.91. The third-order valence-corrected chi connectivity index (χ3v) is 2.66. The van der Waals surface area contributed by atoms with Gasteiger partial charge in [0.1, 0.15) is 5.76 Å². The van der Waals surface area contributed by atoms with Gasteiger partial charge in [-0.25, -0.2) is 0 Å². The number of hydrogen-bond donors (Lipinski definition) is 1. The number of rotatable bonds is 3. The van der Waals surface area contributed by atoms with E-state index in [0.29, 0.717) is 11.3 Å². The molecule has 2 aromatic rings. The fourth-order valence-corrected chi connectivity index (χ4v) is 1.63. The van der Waals surface area contributed by atoms with Gasteiger partial charge in [-0.1, -0.05) is 0 Å². The van der Waals surface area contributed by atoms with E-state index in [1.165, 1.54) is 6.26 Å². The van der Waals surface area contributed by atoms with Crippen molar-refractivity contribution >= 4 is 5.91 Å². The number of amides is 1. The molecule has 0 saturated heterocycles. The van der Waals surface area contributed by atoms with Crippen molar-refractivity contribution in [3.63, 3.8) is 0 Å². The molecule has 1 amide bonds. The second kappa shape index (κ2) is 4.82. The van der Waals surface area contributed by atoms with Crippen LogP contribution in [0.3, 0.4) is 0 Å². The third kappa shape index (κ3) is 2.53. The van der Waals surface area contributed by atoms with Crippen LogP contribution in [0, 0.1) is 6.92 Å². The Balaban J connectivity index is 2.08. The van der Waals surface area contributed by atoms with Gasteiger partial charge >= 0.3 is 0 Å². The molecule has 1 N–H and O–H groups in total. The second-order valence-electron chi connectivity index (χ2n) is 3.87. The molecule has 0 radical (unpaired) electrons. The first-order valence-electron chi connectivity index (χ1n) is 5.43. The molecule has 0 aliphatic carbocycles. The summed E-state index contributed by atoms with van der Waals surface area (Å²) in [6.07, 6.45) is 4.93. The van der Waals surface area contributed by atoms with E-state index in [1.807, 2.05) is 19.1 Å². The van der Waals surface area contributed by atoms with Gasteiger partial charge in [0.15, 0.2) is 0 Å². The van der Waals surface area contributed by atoms with Crippen LogP contribution in [-0.4, -0.2) is 10.9 Å². The number of carbonyl (C=O) groups excluding carboxylic acids is 1. The predicted molar refractivity (Wildman–Crippen MR) is 63.6 cm³/mol. The van der Waals surface area contributed by atoms with E-state index in [1.54, 1.807) is 25.4 Å². The molecule has 4 nitrogen and oxygen atoms in total. The van der Waals surface area contributed by atoms with Crippen LogP contribution in [0.4, 0.5) is 0 Å². The normalized spacial score (nSPS) is 12.1. The van der Waals surface area contributed by atoms with Gasteiger partial charge in [0.2, 0.25) is 0 Å². The van der Waals surface area contributed by atoms with Gasteiger partial charge < -0.3 is 9.73 Å². The van der Waals surface area contributed by atoms with Gasteiger partial charge in [0.25, 0.3) is 5.91 Å². The summed E-state index contributed by atoms with van der Waals surface area (Å²) in [5.41, 5.74) is 1.60. The van der Waals surface area contributed by atoms with E-state index >= 15 is 0 Å². The van der Waals surface area contributed by atoms with E-state index in [9.17, 15) is 4.79 Å². The highest BCUT2D eigenvalue weighted by molar-refractivity contribution is 5.95. The Morgan fingerprint density at radius 3 is 2.65 bits per heavy atom. The number of aromatic nitrogens is 1. The van der Waals surface area contributed by atoms with Crippen LogP contribution in [0.5, 0.6) is 0 Å². The third-order valence-electron chi connectivity index (χ3n) is 2.66. The van der Waals surface area contributed by atoms with Crippen molar-refractivity contribution in [3.8, 4) is 0 Å². The maximum atomic E-state index is 11.9. The fraction of sp³-hybridized carbons (Fsp3) is 0.231. The van der Waals surface area contributed by atoms with Crippen LogP contribution >= 0.6 is 0 Å². The lowest BCUT2D eigenvalue weighted by molar-refractivity contribution is 0.0938. The van der Waals surface area contributed by atoms with Gasteiger partial charge in [-0.3, -0.25) is 9.78 Å². The van der Waals surface area contributed by atoms with Crippen molar-refractivity contribution in [1.29, 1.82) is 0 Å². The van der Waals surface area contributed by atoms with E-state index in [-0.39, 0.29) is 11.9 Å². The number of nitrogens with zero attached hydrogens (tertiary/aromatic N) is 1. The van der Waals surface area contributed by atoms with Gasteiger partial charge in [-0.05, 0) is 37.6 Å². The topological polar surface area (TPSA) is 55.1 Å². The average Bonchev–Trinajstić information content (AvgIpc) is 2.76. The number of nitrogens with one attached hydrogen (secondary N) is 1. The zero-order valence-corrected chi connectivity index (χ0v) is 9.81. The molecule has 1 atom stereocenters. The first-order valence-corrected chi connectivity index (χ1v) is 5.43. The highest BCUT2D eigenvalue weighted by atomic mass is 16.3. The Bertz CT molecular complexity index is 505. The second-order valence-corrected chi connectivity index (χ2v) is 3.87. The van der Waals surface area contributed by atoms with Gasteiger partial charge in [-0.15, -0.1) is 0 Å². The van der Waals surface area contributed by atoms with Crippen molar-refractivity contribution in [2.45, 2.75) is 19.9 Å². The fourth-order valence-electron chi connectivity index (χ4n) is 1.63. The van der Waals surface area contributed by atoms with Crippen molar-refractivity contribution in [2.24, 2.45) is 0 Å². The Morgan fingerprint density at radius 2 is 2.06 bits per heavy atom. The number of carbonyl (C=O) groups is 1. The van der Waals surface area contributed by atoms with Crippen LogP contribution in [-0.2, 0) is 0 Å². The van der Waals surface area contributed by atoms with Crippen LogP contribution in [0.25, 0.3) is 0 Å². The monoisotopic (exact) mass is 230 g/mol. The zero-order chi connectivity index (χ0) is 12.3. The molecule has 4 heteroatoms. The molecule has 0 bridgehead atoms. The van der Waals surface area contributed by atoms with E-state index in [2.05, 4.69) is 10.3 Å². The maximum absolute atomic E-state index is 11.9. The summed E-state index contributed by atoms with van der Waals surface area (Å²) in [4.78, 5) is 15.9. The van der Waals surface area contributed by atoms with Crippen molar-refractivity contribution in [3.05, 3.63) is 53.7 Å². The molecule has 0 spiro atoms. The summed E-state index contributed by atoms with van der Waals surface area (Å²) in [6, 6.07) is 5.38. The Hall–Kier alpha value is -2.10. The Labute approximate surface area is 99.7 Å². The number of furan rings is 1. The molecule has 0 aliphatic heterocycles. The van der Waals surface area contributed by atoms with Crippen molar-refractivity contribution < 1.29 is 9.21 Å². The van der Waals surface area contributed by atoms with E-state index in [0.717, 1.165) is 5.56 Å². The lowest BCUT2D eigenvalue weighted by Gasteiger charge is -2.13. The highest BCUT2D eigenvalue weighted by Gasteiger charge is 2.14. The number of hydrogen-bond acceptors (Lipinski definition) is 3. The molecule has 0 saturated carbocycles. The lowest BCUT2D eigenvalue weighted by atomic mass is 10.1. The van der Waals surface area contributed by atoms with Gasteiger partial charge in [0, 0.05) is 12.4 Å². The molecule has 0 aliphatic rings. The van der Waals surface area contributed by atoms with Gasteiger partial charge in [-0.2, -0.15) is 0 Å². The average molecular weight is 230 g/mol. The SMILES string of the molecule is Cc1occc1C(=O)N[C@H](C)c1ccncc1. The van der Waals surface area contributed by atoms with Crippen molar-refractivity contribution in [1.82, 2.24) is 10.3 Å². The summed E-state index contributed by atoms with van der Waals surface area (Å²) in [6.45, 7) is 3.70. The van der Waals surface area contributed by atoms with Gasteiger partial charge in [0.05, 0.1) is 17.9 Å². The quantitative estimate of drug-likeness (QED) is 0.881. The summed E-state index contributed by atoms with van der Waals surface area (Å²) < 4.78 is 5.10. The highest BCUT2D eigenvalue weighted by Crippen LogP contribution is 2.13. The zero-order valence-electron chi connectivity index (χ0n) is 9.81. The van der Waals surface area contributed by atoms with Crippen LogP contribution in [0.15, 0.2) is 41.3 Å². The largest absolute Gasteiger partial charge is 0.469 e. The molecule has 88 valence electrons. The molecular weight excluding hydrogens is 216 g/mol. The summed E-state index contributed by atoms with van der Waals surface area (Å²) >= 11 is 0. The number of aryl methyl sites for hydroxylation is 1. The molecular formula is C13H14N2O2. The Kier molecular flexibility index (Phi) is 3.23. The lowest BCUT2D eigenvalue weighted by Crippen LogP contribution is -2.26. The van der Waals surface area contributed by atoms with Crippen LogP contribution in [0.2, 0.25) is 0 Å². The molecule has 2 aromatic heterocycles. The van der Waals surface area contributed by atoms with Crippen molar-refractivity contribution in [2.75, 3.05) is 0 Å². The molecule has 17 heavy (non-hydrogen) atoms. The smallest absolute Gasteiger partial charge is 0.255 e. The van der Waals surface area contributed by atoms with Crippen LogP contribution in [0.1, 0.15) is 34.6 Å². The minimum atomic E-state index is -0.124. The molecule has 2 heterocycles. The summed E-state index contributed by atoms with van der Waals surface area (Å²) in [5.74, 6) is 0.505. The standard InChI is InChI=1S/C13H14N2O2/c1-9(11-3-6-14-7-4-11)15-13(16)12-5-8-17-10(12)2/h3-9H,1-2H3,(H,15,16)/t9-/m1/s1. The molecule has 0 aromatic carbocycles. The summed E-state index contributed by atoms with van der Waals surface area (Å²) in [7, 11) is 0. The Morgan fingerprint density at radius 1 is 1.35 bits per heavy atom. The van der Waals surface area contributed by atoms with Crippen LogP contribution < -0.4 is 5.32 Å². The molecule has 0 unspecified atom stereocenters. The first-order chi connectivity index (χ1) is 8.18. The molecule has 2 rings (SSSR count). The maximum Gasteiger partial charge on any atom is 0.255 e.